The Hall–Kier alpha value is -2.67. The molecule has 0 atom stereocenters. The molecular weight excluding hydrogens is 382 g/mol. The second-order valence-electron chi connectivity index (χ2n) is 8.12. The van der Waals surface area contributed by atoms with E-state index < -0.39 is 0 Å². The van der Waals surface area contributed by atoms with Crippen molar-refractivity contribution >= 4 is 11.8 Å². The van der Waals surface area contributed by atoms with E-state index in [1.54, 1.807) is 11.8 Å². The zero-order chi connectivity index (χ0) is 21.1. The van der Waals surface area contributed by atoms with Crippen LogP contribution in [0.3, 0.4) is 0 Å². The SMILES string of the molecule is Cc1ccccc1CC(=O)N1CCC(c2nc(C(=O)N3CCOCC3)c(C)o2)CC1. The Bertz CT molecular complexity index is 909. The van der Waals surface area contributed by atoms with Crippen molar-refractivity contribution in [1.29, 1.82) is 0 Å². The number of amides is 2. The number of aromatic nitrogens is 1. The molecule has 1 aromatic carbocycles. The minimum absolute atomic E-state index is 0.0864. The maximum Gasteiger partial charge on any atom is 0.276 e. The van der Waals surface area contributed by atoms with E-state index >= 15 is 0 Å². The van der Waals surface area contributed by atoms with Crippen LogP contribution in [0.15, 0.2) is 28.7 Å². The van der Waals surface area contributed by atoms with Crippen LogP contribution in [0.5, 0.6) is 0 Å². The van der Waals surface area contributed by atoms with Gasteiger partial charge in [0.1, 0.15) is 5.76 Å². The van der Waals surface area contributed by atoms with Crippen LogP contribution in [0.25, 0.3) is 0 Å². The summed E-state index contributed by atoms with van der Waals surface area (Å²) in [6.45, 7) is 7.49. The van der Waals surface area contributed by atoms with Crippen LogP contribution >= 0.6 is 0 Å². The first-order valence-corrected chi connectivity index (χ1v) is 10.7. The summed E-state index contributed by atoms with van der Waals surface area (Å²) in [7, 11) is 0. The van der Waals surface area contributed by atoms with Crippen molar-refractivity contribution < 1.29 is 18.7 Å². The molecule has 2 aromatic rings. The molecule has 0 saturated carbocycles. The molecule has 2 aliphatic rings. The number of piperidine rings is 1. The van der Waals surface area contributed by atoms with Crippen molar-refractivity contribution in [2.45, 2.75) is 39.0 Å². The van der Waals surface area contributed by atoms with Crippen molar-refractivity contribution in [2.75, 3.05) is 39.4 Å². The van der Waals surface area contributed by atoms with Crippen molar-refractivity contribution in [3.05, 3.63) is 52.7 Å². The molecule has 7 nitrogen and oxygen atoms in total. The quantitative estimate of drug-likeness (QED) is 0.773. The summed E-state index contributed by atoms with van der Waals surface area (Å²) in [5.41, 5.74) is 2.64. The molecule has 0 bridgehead atoms. The highest BCUT2D eigenvalue weighted by Crippen LogP contribution is 2.29. The third-order valence-corrected chi connectivity index (χ3v) is 6.11. The molecule has 7 heteroatoms. The molecule has 2 aliphatic heterocycles. The van der Waals surface area contributed by atoms with Crippen LogP contribution in [-0.2, 0) is 16.0 Å². The van der Waals surface area contributed by atoms with Gasteiger partial charge in [-0.3, -0.25) is 9.59 Å². The molecule has 0 radical (unpaired) electrons. The van der Waals surface area contributed by atoms with E-state index in [1.807, 2.05) is 36.1 Å². The number of hydrogen-bond donors (Lipinski definition) is 0. The topological polar surface area (TPSA) is 75.9 Å². The highest BCUT2D eigenvalue weighted by atomic mass is 16.5. The van der Waals surface area contributed by atoms with E-state index in [2.05, 4.69) is 4.98 Å². The zero-order valence-electron chi connectivity index (χ0n) is 17.7. The van der Waals surface area contributed by atoms with Crippen molar-refractivity contribution in [1.82, 2.24) is 14.8 Å². The molecule has 2 fully saturated rings. The number of carbonyl (C=O) groups is 2. The standard InChI is InChI=1S/C23H29N3O4/c1-16-5-3-4-6-19(16)15-20(27)25-9-7-18(8-10-25)22-24-21(17(2)30-22)23(28)26-11-13-29-14-12-26/h3-6,18H,7-15H2,1-2H3. The van der Waals surface area contributed by atoms with Gasteiger partial charge in [-0.25, -0.2) is 4.98 Å². The molecule has 3 heterocycles. The average molecular weight is 412 g/mol. The Morgan fingerprint density at radius 2 is 1.73 bits per heavy atom. The Morgan fingerprint density at radius 1 is 1.03 bits per heavy atom. The zero-order valence-corrected chi connectivity index (χ0v) is 17.7. The van der Waals surface area contributed by atoms with Crippen molar-refractivity contribution in [3.8, 4) is 0 Å². The number of carbonyl (C=O) groups excluding carboxylic acids is 2. The van der Waals surface area contributed by atoms with Gasteiger partial charge in [0.2, 0.25) is 5.91 Å². The molecule has 4 rings (SSSR count). The number of oxazole rings is 1. The fraction of sp³-hybridized carbons (Fsp3) is 0.522. The Balaban J connectivity index is 1.35. The summed E-state index contributed by atoms with van der Waals surface area (Å²) < 4.78 is 11.2. The van der Waals surface area contributed by atoms with Gasteiger partial charge in [0, 0.05) is 32.1 Å². The Kier molecular flexibility index (Phi) is 6.18. The molecule has 2 amide bonds. The van der Waals surface area contributed by atoms with E-state index in [9.17, 15) is 9.59 Å². The van der Waals surface area contributed by atoms with E-state index in [4.69, 9.17) is 9.15 Å². The van der Waals surface area contributed by atoms with Crippen molar-refractivity contribution in [2.24, 2.45) is 0 Å². The van der Waals surface area contributed by atoms with Crippen LogP contribution in [0.4, 0.5) is 0 Å². The summed E-state index contributed by atoms with van der Waals surface area (Å²) in [4.78, 5) is 33.7. The van der Waals surface area contributed by atoms with Gasteiger partial charge in [-0.2, -0.15) is 0 Å². The lowest BCUT2D eigenvalue weighted by Crippen LogP contribution is -2.41. The van der Waals surface area contributed by atoms with Gasteiger partial charge in [-0.05, 0) is 37.8 Å². The molecule has 2 saturated heterocycles. The lowest BCUT2D eigenvalue weighted by atomic mass is 9.96. The third-order valence-electron chi connectivity index (χ3n) is 6.11. The maximum absolute atomic E-state index is 12.8. The monoisotopic (exact) mass is 411 g/mol. The van der Waals surface area contributed by atoms with Gasteiger partial charge in [0.05, 0.1) is 19.6 Å². The predicted octanol–water partition coefficient (Wildman–Crippen LogP) is 2.71. The molecule has 30 heavy (non-hydrogen) atoms. The van der Waals surface area contributed by atoms with E-state index in [0.29, 0.717) is 63.2 Å². The van der Waals surface area contributed by atoms with Gasteiger partial charge in [-0.1, -0.05) is 24.3 Å². The van der Waals surface area contributed by atoms with Crippen LogP contribution < -0.4 is 0 Å². The van der Waals surface area contributed by atoms with Crippen LogP contribution in [0.2, 0.25) is 0 Å². The Morgan fingerprint density at radius 3 is 2.43 bits per heavy atom. The highest BCUT2D eigenvalue weighted by Gasteiger charge is 2.30. The van der Waals surface area contributed by atoms with Crippen LogP contribution in [-0.4, -0.2) is 66.0 Å². The number of morpholine rings is 1. The molecule has 1 aromatic heterocycles. The minimum Gasteiger partial charge on any atom is -0.445 e. The normalized spacial score (nSPS) is 17.9. The summed E-state index contributed by atoms with van der Waals surface area (Å²) in [6.07, 6.45) is 2.03. The number of benzene rings is 1. The second kappa shape index (κ2) is 9.00. The molecule has 0 aliphatic carbocycles. The van der Waals surface area contributed by atoms with Crippen LogP contribution in [0, 0.1) is 13.8 Å². The largest absolute Gasteiger partial charge is 0.445 e. The number of ether oxygens (including phenoxy) is 1. The minimum atomic E-state index is -0.0864. The second-order valence-corrected chi connectivity index (χ2v) is 8.12. The molecule has 160 valence electrons. The van der Waals surface area contributed by atoms with Gasteiger partial charge in [0.25, 0.3) is 5.91 Å². The fourth-order valence-corrected chi connectivity index (χ4v) is 4.17. The number of aryl methyl sites for hydroxylation is 2. The van der Waals surface area contributed by atoms with E-state index in [0.717, 1.165) is 24.0 Å². The molecule has 0 spiro atoms. The highest BCUT2D eigenvalue weighted by molar-refractivity contribution is 5.93. The van der Waals surface area contributed by atoms with E-state index in [-0.39, 0.29) is 17.7 Å². The number of likely N-dealkylation sites (tertiary alicyclic amines) is 1. The first kappa shape index (κ1) is 20.6. The lowest BCUT2D eigenvalue weighted by molar-refractivity contribution is -0.131. The smallest absolute Gasteiger partial charge is 0.276 e. The summed E-state index contributed by atoms with van der Waals surface area (Å²) in [5, 5.41) is 0. The van der Waals surface area contributed by atoms with Gasteiger partial charge in [0.15, 0.2) is 11.6 Å². The summed E-state index contributed by atoms with van der Waals surface area (Å²) >= 11 is 0. The maximum atomic E-state index is 12.8. The first-order chi connectivity index (χ1) is 14.5. The van der Waals surface area contributed by atoms with Gasteiger partial charge in [-0.15, -0.1) is 0 Å². The first-order valence-electron chi connectivity index (χ1n) is 10.7. The number of rotatable bonds is 4. The van der Waals surface area contributed by atoms with Gasteiger partial charge < -0.3 is 19.0 Å². The molecule has 0 unspecified atom stereocenters. The average Bonchev–Trinajstić information content (AvgIpc) is 3.17. The predicted molar refractivity (Wildman–Crippen MR) is 111 cm³/mol. The van der Waals surface area contributed by atoms with E-state index in [1.165, 1.54) is 0 Å². The fourth-order valence-electron chi connectivity index (χ4n) is 4.17. The number of hydrogen-bond acceptors (Lipinski definition) is 5. The third kappa shape index (κ3) is 4.41. The lowest BCUT2D eigenvalue weighted by Gasteiger charge is -2.31. The Labute approximate surface area is 177 Å². The summed E-state index contributed by atoms with van der Waals surface area (Å²) in [5.74, 6) is 1.40. The number of nitrogens with zero attached hydrogens (tertiary/aromatic N) is 3. The molecular formula is C23H29N3O4. The van der Waals surface area contributed by atoms with Gasteiger partial charge >= 0.3 is 0 Å². The molecule has 0 N–H and O–H groups in total. The van der Waals surface area contributed by atoms with Crippen molar-refractivity contribution in [3.63, 3.8) is 0 Å². The summed E-state index contributed by atoms with van der Waals surface area (Å²) in [6, 6.07) is 8.02. The van der Waals surface area contributed by atoms with Crippen LogP contribution in [0.1, 0.15) is 52.0 Å².